The quantitative estimate of drug-likeness (QED) is 0.898. The van der Waals surface area contributed by atoms with Crippen LogP contribution in [0.1, 0.15) is 18.4 Å². The van der Waals surface area contributed by atoms with Crippen molar-refractivity contribution in [3.63, 3.8) is 0 Å². The third kappa shape index (κ3) is 3.44. The smallest absolute Gasteiger partial charge is 0.227 e. The molecule has 5 heteroatoms. The number of ether oxygens (including phenoxy) is 1. The standard InChI is InChI=1S/C14H19FN2O2/c1-19-13-5-4-11(15)7-10(13)8-14(18)17-6-2-3-12(16)9-17/h4-5,7,12H,2-3,6,8-9,16H2,1H3. The highest BCUT2D eigenvalue weighted by atomic mass is 19.1. The molecule has 1 fully saturated rings. The van der Waals surface area contributed by atoms with Gasteiger partial charge >= 0.3 is 0 Å². The Bertz CT molecular complexity index is 465. The molecule has 19 heavy (non-hydrogen) atoms. The van der Waals surface area contributed by atoms with E-state index in [9.17, 15) is 9.18 Å². The number of piperidine rings is 1. The van der Waals surface area contributed by atoms with Gasteiger partial charge in [0.25, 0.3) is 0 Å². The van der Waals surface area contributed by atoms with Crippen LogP contribution in [0.3, 0.4) is 0 Å². The minimum absolute atomic E-state index is 0.0287. The second-order valence-corrected chi connectivity index (χ2v) is 4.88. The van der Waals surface area contributed by atoms with Gasteiger partial charge in [-0.1, -0.05) is 0 Å². The maximum absolute atomic E-state index is 13.2. The van der Waals surface area contributed by atoms with Crippen LogP contribution in [0, 0.1) is 5.82 Å². The van der Waals surface area contributed by atoms with Crippen LogP contribution in [0.15, 0.2) is 18.2 Å². The number of methoxy groups -OCH3 is 1. The molecule has 1 aromatic rings. The van der Waals surface area contributed by atoms with Crippen molar-refractivity contribution in [2.24, 2.45) is 5.73 Å². The monoisotopic (exact) mass is 266 g/mol. The Labute approximate surface area is 112 Å². The molecule has 0 aliphatic carbocycles. The van der Waals surface area contributed by atoms with Crippen molar-refractivity contribution < 1.29 is 13.9 Å². The summed E-state index contributed by atoms with van der Waals surface area (Å²) in [6, 6.07) is 4.26. The zero-order valence-electron chi connectivity index (χ0n) is 11.1. The van der Waals surface area contributed by atoms with Gasteiger partial charge in [-0.05, 0) is 31.0 Å². The molecule has 2 N–H and O–H groups in total. The molecule has 0 aromatic heterocycles. The van der Waals surface area contributed by atoms with Crippen LogP contribution in [-0.4, -0.2) is 37.0 Å². The van der Waals surface area contributed by atoms with Crippen LogP contribution in [0.2, 0.25) is 0 Å². The normalized spacial score (nSPS) is 19.3. The van der Waals surface area contributed by atoms with E-state index in [4.69, 9.17) is 10.5 Å². The Balaban J connectivity index is 2.07. The van der Waals surface area contributed by atoms with Crippen LogP contribution in [0.5, 0.6) is 5.75 Å². The molecule has 0 bridgehead atoms. The average Bonchev–Trinajstić information content (AvgIpc) is 2.39. The molecular weight excluding hydrogens is 247 g/mol. The predicted octanol–water partition coefficient (Wildman–Crippen LogP) is 1.33. The van der Waals surface area contributed by atoms with Crippen LogP contribution in [-0.2, 0) is 11.2 Å². The Morgan fingerprint density at radius 3 is 3.05 bits per heavy atom. The molecule has 4 nitrogen and oxygen atoms in total. The maximum atomic E-state index is 13.2. The first-order valence-electron chi connectivity index (χ1n) is 6.46. The van der Waals surface area contributed by atoms with Gasteiger partial charge in [-0.15, -0.1) is 0 Å². The number of hydrogen-bond acceptors (Lipinski definition) is 3. The largest absolute Gasteiger partial charge is 0.496 e. The minimum Gasteiger partial charge on any atom is -0.496 e. The van der Waals surface area contributed by atoms with Gasteiger partial charge in [0, 0.05) is 24.7 Å². The van der Waals surface area contributed by atoms with Crippen LogP contribution in [0.4, 0.5) is 4.39 Å². The SMILES string of the molecule is COc1ccc(F)cc1CC(=O)N1CCCC(N)C1. The van der Waals surface area contributed by atoms with Crippen molar-refractivity contribution in [2.75, 3.05) is 20.2 Å². The van der Waals surface area contributed by atoms with Gasteiger partial charge in [0.2, 0.25) is 5.91 Å². The van der Waals surface area contributed by atoms with Gasteiger partial charge < -0.3 is 15.4 Å². The Morgan fingerprint density at radius 2 is 2.37 bits per heavy atom. The first-order valence-corrected chi connectivity index (χ1v) is 6.46. The number of likely N-dealkylation sites (tertiary alicyclic amines) is 1. The summed E-state index contributed by atoms with van der Waals surface area (Å²) in [7, 11) is 1.51. The lowest BCUT2D eigenvalue weighted by Gasteiger charge is -2.31. The lowest BCUT2D eigenvalue weighted by molar-refractivity contribution is -0.131. The molecule has 1 atom stereocenters. The van der Waals surface area contributed by atoms with E-state index in [2.05, 4.69) is 0 Å². The highest BCUT2D eigenvalue weighted by molar-refractivity contribution is 5.79. The number of nitrogens with two attached hydrogens (primary N) is 1. The van der Waals surface area contributed by atoms with Crippen molar-refractivity contribution >= 4 is 5.91 Å². The van der Waals surface area contributed by atoms with Gasteiger partial charge in [-0.2, -0.15) is 0 Å². The second kappa shape index (κ2) is 6.02. The van der Waals surface area contributed by atoms with Gasteiger partial charge in [0.05, 0.1) is 13.5 Å². The highest BCUT2D eigenvalue weighted by Gasteiger charge is 2.22. The molecule has 1 amide bonds. The number of nitrogens with zero attached hydrogens (tertiary/aromatic N) is 1. The van der Waals surface area contributed by atoms with E-state index in [1.807, 2.05) is 0 Å². The van der Waals surface area contributed by atoms with Crippen LogP contribution >= 0.6 is 0 Å². The topological polar surface area (TPSA) is 55.6 Å². The number of carbonyl (C=O) groups excluding carboxylic acids is 1. The summed E-state index contributed by atoms with van der Waals surface area (Å²) < 4.78 is 18.4. The van der Waals surface area contributed by atoms with Crippen molar-refractivity contribution in [1.29, 1.82) is 0 Å². The molecule has 2 rings (SSSR count). The molecule has 1 aliphatic rings. The molecule has 0 radical (unpaired) electrons. The summed E-state index contributed by atoms with van der Waals surface area (Å²) in [5.74, 6) is 0.147. The molecule has 1 unspecified atom stereocenters. The van der Waals surface area contributed by atoms with E-state index in [1.54, 1.807) is 11.0 Å². The molecule has 104 valence electrons. The fourth-order valence-corrected chi connectivity index (χ4v) is 2.40. The summed E-state index contributed by atoms with van der Waals surface area (Å²) in [6.07, 6.45) is 2.02. The fourth-order valence-electron chi connectivity index (χ4n) is 2.40. The third-order valence-corrected chi connectivity index (χ3v) is 3.39. The molecule has 0 spiro atoms. The molecule has 1 aliphatic heterocycles. The van der Waals surface area contributed by atoms with E-state index >= 15 is 0 Å². The van der Waals surface area contributed by atoms with E-state index in [0.29, 0.717) is 17.9 Å². The van der Waals surface area contributed by atoms with Gasteiger partial charge in [-0.25, -0.2) is 4.39 Å². The van der Waals surface area contributed by atoms with Gasteiger partial charge in [0.1, 0.15) is 11.6 Å². The molecule has 1 aromatic carbocycles. The Kier molecular flexibility index (Phi) is 4.37. The van der Waals surface area contributed by atoms with E-state index < -0.39 is 0 Å². The third-order valence-electron chi connectivity index (χ3n) is 3.39. The van der Waals surface area contributed by atoms with E-state index in [0.717, 1.165) is 19.4 Å². The molecule has 0 saturated carbocycles. The maximum Gasteiger partial charge on any atom is 0.227 e. The van der Waals surface area contributed by atoms with E-state index in [1.165, 1.54) is 19.2 Å². The summed E-state index contributed by atoms with van der Waals surface area (Å²) in [5, 5.41) is 0. The first kappa shape index (κ1) is 13.8. The number of carbonyl (C=O) groups is 1. The van der Waals surface area contributed by atoms with Crippen LogP contribution < -0.4 is 10.5 Å². The number of hydrogen-bond donors (Lipinski definition) is 1. The van der Waals surface area contributed by atoms with Gasteiger partial charge in [-0.3, -0.25) is 4.79 Å². The fraction of sp³-hybridized carbons (Fsp3) is 0.500. The summed E-state index contributed by atoms with van der Waals surface area (Å²) >= 11 is 0. The van der Waals surface area contributed by atoms with Gasteiger partial charge in [0.15, 0.2) is 0 Å². The number of amides is 1. The minimum atomic E-state index is -0.362. The lowest BCUT2D eigenvalue weighted by Crippen LogP contribution is -2.46. The number of halogens is 1. The molecular formula is C14H19FN2O2. The lowest BCUT2D eigenvalue weighted by atomic mass is 10.0. The Morgan fingerprint density at radius 1 is 1.58 bits per heavy atom. The van der Waals surface area contributed by atoms with Crippen molar-refractivity contribution in [3.05, 3.63) is 29.6 Å². The zero-order chi connectivity index (χ0) is 13.8. The average molecular weight is 266 g/mol. The Hall–Kier alpha value is -1.62. The van der Waals surface area contributed by atoms with Crippen molar-refractivity contribution in [3.8, 4) is 5.75 Å². The molecule has 1 saturated heterocycles. The summed E-state index contributed by atoms with van der Waals surface area (Å²) in [4.78, 5) is 13.9. The van der Waals surface area contributed by atoms with Crippen molar-refractivity contribution in [2.45, 2.75) is 25.3 Å². The number of rotatable bonds is 3. The summed E-state index contributed by atoms with van der Waals surface area (Å²) in [5.41, 5.74) is 6.43. The predicted molar refractivity (Wildman–Crippen MR) is 70.4 cm³/mol. The van der Waals surface area contributed by atoms with E-state index in [-0.39, 0.29) is 24.2 Å². The van der Waals surface area contributed by atoms with Crippen LogP contribution in [0.25, 0.3) is 0 Å². The summed E-state index contributed by atoms with van der Waals surface area (Å²) in [6.45, 7) is 1.31. The second-order valence-electron chi connectivity index (χ2n) is 4.88. The zero-order valence-corrected chi connectivity index (χ0v) is 11.1. The number of benzene rings is 1. The highest BCUT2D eigenvalue weighted by Crippen LogP contribution is 2.21. The molecule has 1 heterocycles. The first-order chi connectivity index (χ1) is 9.10. The van der Waals surface area contributed by atoms with Crippen molar-refractivity contribution in [1.82, 2.24) is 4.90 Å².